The summed E-state index contributed by atoms with van der Waals surface area (Å²) in [6, 6.07) is 0. The fraction of sp³-hybridized carbons (Fsp3) is 0.818. The quantitative estimate of drug-likeness (QED) is 0.682. The molecule has 0 aromatic carbocycles. The molecular formula is C11H20N2O2. The molecule has 0 aromatic heterocycles. The molecule has 0 N–H and O–H groups in total. The lowest BCUT2D eigenvalue weighted by molar-refractivity contribution is -0.135. The normalized spacial score (nSPS) is 17.3. The second-order valence-electron chi connectivity index (χ2n) is 4.16. The summed E-state index contributed by atoms with van der Waals surface area (Å²) < 4.78 is 0. The van der Waals surface area contributed by atoms with Gasteiger partial charge in [-0.1, -0.05) is 6.92 Å². The Morgan fingerprint density at radius 1 is 1.40 bits per heavy atom. The average Bonchev–Trinajstić information content (AvgIpc) is 2.18. The van der Waals surface area contributed by atoms with Gasteiger partial charge in [-0.25, -0.2) is 0 Å². The second kappa shape index (κ2) is 5.85. The molecule has 15 heavy (non-hydrogen) atoms. The molecule has 0 atom stereocenters. The fourth-order valence-electron chi connectivity index (χ4n) is 1.80. The van der Waals surface area contributed by atoms with Crippen LogP contribution in [0, 0.1) is 0 Å². The van der Waals surface area contributed by atoms with Gasteiger partial charge in [0.2, 0.25) is 5.91 Å². The van der Waals surface area contributed by atoms with E-state index in [2.05, 4.69) is 6.92 Å². The van der Waals surface area contributed by atoms with E-state index in [1.165, 1.54) is 0 Å². The smallest absolute Gasteiger partial charge is 0.236 e. The number of Topliss-reactive ketones (excluding diaryl/α,β-unsaturated/α-hetero) is 1. The second-order valence-corrected chi connectivity index (χ2v) is 4.16. The predicted molar refractivity (Wildman–Crippen MR) is 58.6 cm³/mol. The predicted octanol–water partition coefficient (Wildman–Crippen LogP) is 0.520. The number of carbonyl (C=O) groups is 2. The molecule has 0 unspecified atom stereocenters. The number of ketones is 1. The lowest BCUT2D eigenvalue weighted by Crippen LogP contribution is -2.43. The third-order valence-electron chi connectivity index (χ3n) is 2.68. The minimum atomic E-state index is 0.151. The van der Waals surface area contributed by atoms with Gasteiger partial charge >= 0.3 is 0 Å². The van der Waals surface area contributed by atoms with E-state index in [0.717, 1.165) is 13.0 Å². The summed E-state index contributed by atoms with van der Waals surface area (Å²) in [4.78, 5) is 26.6. The molecule has 86 valence electrons. The van der Waals surface area contributed by atoms with Crippen molar-refractivity contribution in [1.82, 2.24) is 9.80 Å². The van der Waals surface area contributed by atoms with E-state index < -0.39 is 0 Å². The molecule has 1 fully saturated rings. The zero-order valence-electron chi connectivity index (χ0n) is 9.66. The zero-order chi connectivity index (χ0) is 11.3. The SMILES string of the molecule is CCCN(C)CC(=O)N1CCC(=O)CC1. The lowest BCUT2D eigenvalue weighted by atomic mass is 10.1. The number of amides is 1. The van der Waals surface area contributed by atoms with Crippen LogP contribution >= 0.6 is 0 Å². The van der Waals surface area contributed by atoms with E-state index >= 15 is 0 Å². The number of hydrogen-bond donors (Lipinski definition) is 0. The van der Waals surface area contributed by atoms with Gasteiger partial charge in [-0.3, -0.25) is 14.5 Å². The molecule has 0 radical (unpaired) electrons. The van der Waals surface area contributed by atoms with Crippen LogP contribution in [-0.4, -0.2) is 54.7 Å². The molecule has 1 aliphatic heterocycles. The third kappa shape index (κ3) is 4.00. The van der Waals surface area contributed by atoms with Gasteiger partial charge in [-0.15, -0.1) is 0 Å². The summed E-state index contributed by atoms with van der Waals surface area (Å²) >= 11 is 0. The first-order chi connectivity index (χ1) is 7.13. The Balaban J connectivity index is 2.30. The van der Waals surface area contributed by atoms with Gasteiger partial charge in [0, 0.05) is 25.9 Å². The monoisotopic (exact) mass is 212 g/mol. The number of likely N-dealkylation sites (tertiary alicyclic amines) is 1. The molecule has 0 aliphatic carbocycles. The van der Waals surface area contributed by atoms with E-state index in [1.54, 1.807) is 4.90 Å². The molecule has 1 rings (SSSR count). The van der Waals surface area contributed by atoms with Crippen molar-refractivity contribution >= 4 is 11.7 Å². The highest BCUT2D eigenvalue weighted by molar-refractivity contribution is 5.84. The summed E-state index contributed by atoms with van der Waals surface area (Å²) in [7, 11) is 1.95. The molecular weight excluding hydrogens is 192 g/mol. The van der Waals surface area contributed by atoms with Crippen LogP contribution in [-0.2, 0) is 9.59 Å². The largest absolute Gasteiger partial charge is 0.341 e. The first-order valence-electron chi connectivity index (χ1n) is 5.61. The molecule has 0 saturated carbocycles. The topological polar surface area (TPSA) is 40.6 Å². The van der Waals surface area contributed by atoms with E-state index in [0.29, 0.717) is 32.5 Å². The van der Waals surface area contributed by atoms with Crippen molar-refractivity contribution in [2.45, 2.75) is 26.2 Å². The van der Waals surface area contributed by atoms with Gasteiger partial charge in [0.1, 0.15) is 5.78 Å². The minimum Gasteiger partial charge on any atom is -0.341 e. The van der Waals surface area contributed by atoms with Crippen molar-refractivity contribution in [2.75, 3.05) is 33.2 Å². The molecule has 4 nitrogen and oxygen atoms in total. The number of piperidine rings is 1. The summed E-state index contributed by atoms with van der Waals surface area (Å²) in [5.41, 5.74) is 0. The molecule has 1 amide bonds. The molecule has 0 spiro atoms. The Labute approximate surface area is 91.2 Å². The van der Waals surface area contributed by atoms with Crippen LogP contribution in [0.3, 0.4) is 0 Å². The Hall–Kier alpha value is -0.900. The van der Waals surface area contributed by atoms with E-state index in [1.807, 2.05) is 11.9 Å². The van der Waals surface area contributed by atoms with Crippen molar-refractivity contribution < 1.29 is 9.59 Å². The Morgan fingerprint density at radius 2 is 2.00 bits per heavy atom. The van der Waals surface area contributed by atoms with Crippen LogP contribution in [0.1, 0.15) is 26.2 Å². The lowest BCUT2D eigenvalue weighted by Gasteiger charge is -2.28. The van der Waals surface area contributed by atoms with Crippen LogP contribution < -0.4 is 0 Å². The fourth-order valence-corrected chi connectivity index (χ4v) is 1.80. The van der Waals surface area contributed by atoms with Crippen molar-refractivity contribution in [3.63, 3.8) is 0 Å². The molecule has 0 bridgehead atoms. The summed E-state index contributed by atoms with van der Waals surface area (Å²) in [5, 5.41) is 0. The van der Waals surface area contributed by atoms with Crippen LogP contribution in [0.4, 0.5) is 0 Å². The van der Waals surface area contributed by atoms with Crippen molar-refractivity contribution in [3.8, 4) is 0 Å². The number of carbonyl (C=O) groups excluding carboxylic acids is 2. The maximum atomic E-state index is 11.8. The van der Waals surface area contributed by atoms with E-state index in [4.69, 9.17) is 0 Å². The van der Waals surface area contributed by atoms with Gasteiger partial charge in [-0.05, 0) is 20.0 Å². The maximum Gasteiger partial charge on any atom is 0.236 e. The number of nitrogens with zero attached hydrogens (tertiary/aromatic N) is 2. The van der Waals surface area contributed by atoms with Crippen molar-refractivity contribution in [2.24, 2.45) is 0 Å². The number of rotatable bonds is 4. The molecule has 1 aliphatic rings. The summed E-state index contributed by atoms with van der Waals surface area (Å²) in [5.74, 6) is 0.430. The zero-order valence-corrected chi connectivity index (χ0v) is 9.66. The molecule has 4 heteroatoms. The van der Waals surface area contributed by atoms with Crippen molar-refractivity contribution in [1.29, 1.82) is 0 Å². The van der Waals surface area contributed by atoms with E-state index in [9.17, 15) is 9.59 Å². The van der Waals surface area contributed by atoms with Gasteiger partial charge in [0.05, 0.1) is 6.54 Å². The molecule has 1 heterocycles. The number of likely N-dealkylation sites (N-methyl/N-ethyl adjacent to an activating group) is 1. The highest BCUT2D eigenvalue weighted by Crippen LogP contribution is 2.06. The highest BCUT2D eigenvalue weighted by Gasteiger charge is 2.21. The van der Waals surface area contributed by atoms with Gasteiger partial charge < -0.3 is 4.90 Å². The average molecular weight is 212 g/mol. The molecule has 0 aromatic rings. The van der Waals surface area contributed by atoms with Crippen LogP contribution in [0.2, 0.25) is 0 Å². The Morgan fingerprint density at radius 3 is 2.53 bits per heavy atom. The Bertz CT molecular complexity index is 231. The van der Waals surface area contributed by atoms with E-state index in [-0.39, 0.29) is 11.7 Å². The van der Waals surface area contributed by atoms with Crippen LogP contribution in [0.15, 0.2) is 0 Å². The number of hydrogen-bond acceptors (Lipinski definition) is 3. The summed E-state index contributed by atoms with van der Waals surface area (Å²) in [6.45, 7) is 4.73. The summed E-state index contributed by atoms with van der Waals surface area (Å²) in [6.07, 6.45) is 2.12. The Kier molecular flexibility index (Phi) is 4.75. The van der Waals surface area contributed by atoms with Gasteiger partial charge in [-0.2, -0.15) is 0 Å². The first kappa shape index (κ1) is 12.2. The first-order valence-corrected chi connectivity index (χ1v) is 5.61. The van der Waals surface area contributed by atoms with Gasteiger partial charge in [0.25, 0.3) is 0 Å². The highest BCUT2D eigenvalue weighted by atomic mass is 16.2. The van der Waals surface area contributed by atoms with Crippen LogP contribution in [0.5, 0.6) is 0 Å². The molecule has 1 saturated heterocycles. The van der Waals surface area contributed by atoms with Gasteiger partial charge in [0.15, 0.2) is 0 Å². The van der Waals surface area contributed by atoms with Crippen LogP contribution in [0.25, 0.3) is 0 Å². The minimum absolute atomic E-state index is 0.151. The van der Waals surface area contributed by atoms with Crippen molar-refractivity contribution in [3.05, 3.63) is 0 Å². The maximum absolute atomic E-state index is 11.8. The third-order valence-corrected chi connectivity index (χ3v) is 2.68. The standard InChI is InChI=1S/C11H20N2O2/c1-3-6-12(2)9-11(15)13-7-4-10(14)5-8-13/h3-9H2,1-2H3.